The van der Waals surface area contributed by atoms with Crippen LogP contribution in [0.5, 0.6) is 0 Å². The summed E-state index contributed by atoms with van der Waals surface area (Å²) in [5.41, 5.74) is 2.60. The molecule has 0 bridgehead atoms. The van der Waals surface area contributed by atoms with Crippen LogP contribution in [0, 0.1) is 13.8 Å². The summed E-state index contributed by atoms with van der Waals surface area (Å²) >= 11 is 1.59. The summed E-state index contributed by atoms with van der Waals surface area (Å²) in [5.74, 6) is 2.03. The van der Waals surface area contributed by atoms with Gasteiger partial charge >= 0.3 is 0 Å². The van der Waals surface area contributed by atoms with Gasteiger partial charge in [-0.2, -0.15) is 11.3 Å². The quantitative estimate of drug-likeness (QED) is 0.698. The minimum absolute atomic E-state index is 0.0808. The van der Waals surface area contributed by atoms with E-state index in [9.17, 15) is 4.79 Å². The van der Waals surface area contributed by atoms with Gasteiger partial charge in [0.2, 0.25) is 17.7 Å². The summed E-state index contributed by atoms with van der Waals surface area (Å²) in [6.07, 6.45) is 2.19. The van der Waals surface area contributed by atoms with Gasteiger partial charge in [0, 0.05) is 29.6 Å². The van der Waals surface area contributed by atoms with Gasteiger partial charge in [-0.15, -0.1) is 10.2 Å². The van der Waals surface area contributed by atoms with Crippen molar-refractivity contribution in [1.82, 2.24) is 20.3 Å². The van der Waals surface area contributed by atoms with Crippen LogP contribution in [0.3, 0.4) is 0 Å². The summed E-state index contributed by atoms with van der Waals surface area (Å²) in [5, 5.41) is 16.3. The van der Waals surface area contributed by atoms with Gasteiger partial charge in [0.15, 0.2) is 0 Å². The number of aryl methyl sites for hydroxylation is 2. The Bertz CT molecular complexity index is 880. The molecule has 0 spiro atoms. The molecular formula is C18H20N4O3S. The third-order valence-electron chi connectivity index (χ3n) is 4.84. The second kappa shape index (κ2) is 7.03. The number of aromatic nitrogens is 3. The largest absolute Gasteiger partial charge is 0.420 e. The smallest absolute Gasteiger partial charge is 0.248 e. The summed E-state index contributed by atoms with van der Waals surface area (Å²) in [6, 6.07) is 1.96. The number of carbonyl (C=O) groups excluding carboxylic acids is 1. The molecule has 4 rings (SSSR count). The highest BCUT2D eigenvalue weighted by Crippen LogP contribution is 2.29. The Morgan fingerprint density at radius 1 is 1.38 bits per heavy atom. The minimum Gasteiger partial charge on any atom is -0.420 e. The van der Waals surface area contributed by atoms with Crippen molar-refractivity contribution in [2.24, 2.45) is 0 Å². The highest BCUT2D eigenvalue weighted by Gasteiger charge is 2.29. The Morgan fingerprint density at radius 3 is 3.00 bits per heavy atom. The lowest BCUT2D eigenvalue weighted by Gasteiger charge is -2.31. The summed E-state index contributed by atoms with van der Waals surface area (Å²) in [6.45, 7) is 5.06. The fraction of sp³-hybridized carbons (Fsp3) is 0.444. The van der Waals surface area contributed by atoms with Gasteiger partial charge in [0.25, 0.3) is 0 Å². The van der Waals surface area contributed by atoms with E-state index in [0.29, 0.717) is 30.5 Å². The molecule has 0 saturated carbocycles. The third-order valence-corrected chi connectivity index (χ3v) is 5.52. The molecule has 0 aliphatic carbocycles. The Hall–Kier alpha value is -2.48. The number of likely N-dealkylation sites (tertiary alicyclic amines) is 1. The fourth-order valence-electron chi connectivity index (χ4n) is 3.32. The lowest BCUT2D eigenvalue weighted by molar-refractivity contribution is -0.131. The molecule has 4 heterocycles. The molecular weight excluding hydrogens is 352 g/mol. The molecule has 0 N–H and O–H groups in total. The van der Waals surface area contributed by atoms with Crippen molar-refractivity contribution >= 4 is 17.2 Å². The van der Waals surface area contributed by atoms with Gasteiger partial charge in [-0.3, -0.25) is 4.79 Å². The van der Waals surface area contributed by atoms with Gasteiger partial charge in [0.05, 0.1) is 18.0 Å². The molecule has 0 unspecified atom stereocenters. The Morgan fingerprint density at radius 2 is 2.27 bits per heavy atom. The zero-order valence-electron chi connectivity index (χ0n) is 14.8. The molecule has 1 aliphatic heterocycles. The van der Waals surface area contributed by atoms with Gasteiger partial charge in [0.1, 0.15) is 5.76 Å². The molecule has 7 nitrogen and oxygen atoms in total. The second-order valence-corrected chi connectivity index (χ2v) is 7.40. The van der Waals surface area contributed by atoms with E-state index in [4.69, 9.17) is 8.94 Å². The lowest BCUT2D eigenvalue weighted by atomic mass is 9.97. The molecule has 136 valence electrons. The second-order valence-electron chi connectivity index (χ2n) is 6.62. The van der Waals surface area contributed by atoms with Crippen LogP contribution >= 0.6 is 11.3 Å². The molecule has 1 saturated heterocycles. The fourth-order valence-corrected chi connectivity index (χ4v) is 3.95. The van der Waals surface area contributed by atoms with Crippen LogP contribution in [-0.4, -0.2) is 39.3 Å². The molecule has 0 aromatic carbocycles. The normalized spacial score (nSPS) is 17.6. The standard InChI is InChI=1S/C18H20N4O3S/c1-11-15(12(2)25-21-11)8-16(23)22-6-3-4-13(9-22)17-19-20-18(24-17)14-5-7-26-10-14/h5,7,10,13H,3-4,6,8-9H2,1-2H3/t13-/m1/s1. The average Bonchev–Trinajstić information content (AvgIpc) is 3.39. The van der Waals surface area contributed by atoms with Gasteiger partial charge in [-0.05, 0) is 38.1 Å². The SMILES string of the molecule is Cc1noc(C)c1CC(=O)N1CCC[C@@H](c2nnc(-c3ccsc3)o2)C1. The summed E-state index contributed by atoms with van der Waals surface area (Å²) < 4.78 is 11.0. The maximum atomic E-state index is 12.7. The zero-order valence-corrected chi connectivity index (χ0v) is 15.6. The molecule has 1 atom stereocenters. The average molecular weight is 372 g/mol. The number of thiophene rings is 1. The predicted octanol–water partition coefficient (Wildman–Crippen LogP) is 3.35. The number of hydrogen-bond donors (Lipinski definition) is 0. The van der Waals surface area contributed by atoms with Crippen LogP contribution in [0.15, 0.2) is 25.8 Å². The number of hydrogen-bond acceptors (Lipinski definition) is 7. The number of rotatable bonds is 4. The van der Waals surface area contributed by atoms with Gasteiger partial charge in [-0.25, -0.2) is 0 Å². The molecule has 1 fully saturated rings. The van der Waals surface area contributed by atoms with Crippen molar-refractivity contribution in [3.8, 4) is 11.5 Å². The van der Waals surface area contributed by atoms with Crippen molar-refractivity contribution in [2.75, 3.05) is 13.1 Å². The van der Waals surface area contributed by atoms with Crippen molar-refractivity contribution < 1.29 is 13.7 Å². The van der Waals surface area contributed by atoms with E-state index in [1.54, 1.807) is 11.3 Å². The first kappa shape index (κ1) is 17.0. The van der Waals surface area contributed by atoms with Crippen LogP contribution in [0.4, 0.5) is 0 Å². The number of carbonyl (C=O) groups is 1. The molecule has 1 aliphatic rings. The first-order chi connectivity index (χ1) is 12.6. The van der Waals surface area contributed by atoms with E-state index >= 15 is 0 Å². The van der Waals surface area contributed by atoms with E-state index in [0.717, 1.165) is 36.2 Å². The van der Waals surface area contributed by atoms with Crippen LogP contribution in [-0.2, 0) is 11.2 Å². The Labute approximate surface area is 155 Å². The van der Waals surface area contributed by atoms with Crippen molar-refractivity contribution in [1.29, 1.82) is 0 Å². The number of piperidine rings is 1. The van der Waals surface area contributed by atoms with Crippen molar-refractivity contribution in [3.63, 3.8) is 0 Å². The van der Waals surface area contributed by atoms with E-state index in [-0.39, 0.29) is 11.8 Å². The summed E-state index contributed by atoms with van der Waals surface area (Å²) in [4.78, 5) is 14.6. The molecule has 0 radical (unpaired) electrons. The van der Waals surface area contributed by atoms with E-state index in [1.165, 1.54) is 0 Å². The zero-order chi connectivity index (χ0) is 18.1. The minimum atomic E-state index is 0.0808. The predicted molar refractivity (Wildman–Crippen MR) is 95.8 cm³/mol. The van der Waals surface area contributed by atoms with Crippen molar-refractivity contribution in [3.05, 3.63) is 39.7 Å². The third kappa shape index (κ3) is 3.29. The molecule has 3 aromatic heterocycles. The number of nitrogens with zero attached hydrogens (tertiary/aromatic N) is 4. The van der Waals surface area contributed by atoms with Crippen molar-refractivity contribution in [2.45, 2.75) is 39.0 Å². The van der Waals surface area contributed by atoms with Crippen LogP contribution < -0.4 is 0 Å². The number of amides is 1. The molecule has 1 amide bonds. The maximum absolute atomic E-state index is 12.7. The monoisotopic (exact) mass is 372 g/mol. The van der Waals surface area contributed by atoms with Gasteiger partial charge in [-0.1, -0.05) is 5.16 Å². The van der Waals surface area contributed by atoms with Crippen LogP contribution in [0.2, 0.25) is 0 Å². The van der Waals surface area contributed by atoms with Crippen LogP contribution in [0.1, 0.15) is 41.7 Å². The maximum Gasteiger partial charge on any atom is 0.248 e. The van der Waals surface area contributed by atoms with Gasteiger partial charge < -0.3 is 13.8 Å². The van der Waals surface area contributed by atoms with E-state index in [1.807, 2.05) is 35.6 Å². The topological polar surface area (TPSA) is 85.3 Å². The Kier molecular flexibility index (Phi) is 4.58. The molecule has 26 heavy (non-hydrogen) atoms. The first-order valence-corrected chi connectivity index (χ1v) is 9.61. The van der Waals surface area contributed by atoms with Crippen LogP contribution in [0.25, 0.3) is 11.5 Å². The Balaban J connectivity index is 1.45. The van der Waals surface area contributed by atoms with E-state index in [2.05, 4.69) is 15.4 Å². The summed E-state index contributed by atoms with van der Waals surface area (Å²) in [7, 11) is 0. The van der Waals surface area contributed by atoms with E-state index < -0.39 is 0 Å². The molecule has 3 aromatic rings. The lowest BCUT2D eigenvalue weighted by Crippen LogP contribution is -2.40. The highest BCUT2D eigenvalue weighted by molar-refractivity contribution is 7.08. The molecule has 8 heteroatoms. The first-order valence-electron chi connectivity index (χ1n) is 8.67. The highest BCUT2D eigenvalue weighted by atomic mass is 32.1.